The van der Waals surface area contributed by atoms with Gasteiger partial charge in [-0.25, -0.2) is 0 Å². The molecule has 1 unspecified atom stereocenters. The summed E-state index contributed by atoms with van der Waals surface area (Å²) in [6.45, 7) is 2.97. The Balaban J connectivity index is 1.72. The number of fused-ring (bicyclic) bond motifs is 1. The molecule has 3 N–H and O–H groups in total. The van der Waals surface area contributed by atoms with Gasteiger partial charge in [-0.15, -0.1) is 0 Å². The van der Waals surface area contributed by atoms with Crippen molar-refractivity contribution in [3.05, 3.63) is 46.8 Å². The van der Waals surface area contributed by atoms with Gasteiger partial charge in [0.25, 0.3) is 0 Å². The van der Waals surface area contributed by atoms with E-state index in [2.05, 4.69) is 29.5 Å². The first-order chi connectivity index (χ1) is 9.15. The Morgan fingerprint density at radius 1 is 1.47 bits per heavy atom. The van der Waals surface area contributed by atoms with Crippen LogP contribution in [-0.4, -0.2) is 9.78 Å². The summed E-state index contributed by atoms with van der Waals surface area (Å²) in [4.78, 5) is 0. The fourth-order valence-electron chi connectivity index (χ4n) is 2.80. The Labute approximate surface area is 113 Å². The van der Waals surface area contributed by atoms with Crippen LogP contribution in [-0.2, 0) is 20.0 Å². The number of anilines is 1. The highest BCUT2D eigenvalue weighted by molar-refractivity contribution is 5.47. The lowest BCUT2D eigenvalue weighted by Gasteiger charge is -2.14. The molecular weight excluding hydrogens is 236 g/mol. The average Bonchev–Trinajstić information content (AvgIpc) is 2.93. The molecule has 1 aliphatic rings. The minimum atomic E-state index is 0.440. The predicted octanol–water partition coefficient (Wildman–Crippen LogP) is 2.09. The third-order valence-electron chi connectivity index (χ3n) is 4.12. The van der Waals surface area contributed by atoms with E-state index in [0.29, 0.717) is 6.04 Å². The fourth-order valence-corrected chi connectivity index (χ4v) is 2.80. The van der Waals surface area contributed by atoms with Gasteiger partial charge in [0.1, 0.15) is 0 Å². The van der Waals surface area contributed by atoms with Crippen molar-refractivity contribution in [2.45, 2.75) is 32.4 Å². The zero-order chi connectivity index (χ0) is 13.4. The van der Waals surface area contributed by atoms with Gasteiger partial charge in [0.15, 0.2) is 0 Å². The zero-order valence-corrected chi connectivity index (χ0v) is 11.5. The van der Waals surface area contributed by atoms with E-state index in [0.717, 1.165) is 25.1 Å². The second kappa shape index (κ2) is 4.70. The second-order valence-electron chi connectivity index (χ2n) is 5.31. The summed E-state index contributed by atoms with van der Waals surface area (Å²) >= 11 is 0. The van der Waals surface area contributed by atoms with E-state index in [4.69, 9.17) is 5.73 Å². The number of nitrogens with zero attached hydrogens (tertiary/aromatic N) is 2. The number of aryl methyl sites for hydroxylation is 2. The first-order valence-corrected chi connectivity index (χ1v) is 6.74. The van der Waals surface area contributed by atoms with Crippen LogP contribution < -0.4 is 11.1 Å². The molecule has 0 bridgehead atoms. The van der Waals surface area contributed by atoms with E-state index < -0.39 is 0 Å². The topological polar surface area (TPSA) is 55.9 Å². The lowest BCUT2D eigenvalue weighted by molar-refractivity contribution is 0.529. The maximum atomic E-state index is 5.83. The number of nitrogen functional groups attached to an aromatic ring is 1. The maximum Gasteiger partial charge on any atom is 0.0537 e. The van der Waals surface area contributed by atoms with E-state index in [-0.39, 0.29) is 0 Å². The normalized spacial score (nSPS) is 17.7. The molecule has 0 fully saturated rings. The number of hydrogen-bond donors (Lipinski definition) is 2. The minimum absolute atomic E-state index is 0.440. The first-order valence-electron chi connectivity index (χ1n) is 6.74. The maximum absolute atomic E-state index is 5.83. The van der Waals surface area contributed by atoms with E-state index in [1.165, 1.54) is 22.4 Å². The molecule has 0 amide bonds. The highest BCUT2D eigenvalue weighted by Crippen LogP contribution is 2.32. The molecule has 4 heteroatoms. The predicted molar refractivity (Wildman–Crippen MR) is 76.7 cm³/mol. The van der Waals surface area contributed by atoms with Crippen molar-refractivity contribution < 1.29 is 0 Å². The molecule has 0 saturated heterocycles. The molecule has 19 heavy (non-hydrogen) atoms. The third-order valence-corrected chi connectivity index (χ3v) is 4.12. The summed E-state index contributed by atoms with van der Waals surface area (Å²) in [6.07, 6.45) is 4.21. The summed E-state index contributed by atoms with van der Waals surface area (Å²) < 4.78 is 1.92. The van der Waals surface area contributed by atoms with Crippen molar-refractivity contribution in [3.8, 4) is 0 Å². The lowest BCUT2D eigenvalue weighted by atomic mass is 10.1. The second-order valence-corrected chi connectivity index (χ2v) is 5.31. The molecule has 2 aromatic rings. The Kier molecular flexibility index (Phi) is 3.03. The Morgan fingerprint density at radius 3 is 3.05 bits per heavy atom. The Bertz CT molecular complexity index is 600. The van der Waals surface area contributed by atoms with Gasteiger partial charge < -0.3 is 11.1 Å². The number of hydrogen-bond acceptors (Lipinski definition) is 3. The van der Waals surface area contributed by atoms with Crippen LogP contribution in [0.5, 0.6) is 0 Å². The summed E-state index contributed by atoms with van der Waals surface area (Å²) in [5, 5.41) is 7.91. The number of nitrogens with two attached hydrogens (primary N) is 1. The molecule has 1 aliphatic carbocycles. The highest BCUT2D eigenvalue weighted by Gasteiger charge is 2.22. The van der Waals surface area contributed by atoms with Gasteiger partial charge in [0.2, 0.25) is 0 Å². The smallest absolute Gasteiger partial charge is 0.0537 e. The van der Waals surface area contributed by atoms with Crippen LogP contribution in [0.1, 0.15) is 34.8 Å². The molecule has 1 aromatic heterocycles. The van der Waals surface area contributed by atoms with Crippen LogP contribution in [0.4, 0.5) is 5.69 Å². The summed E-state index contributed by atoms with van der Waals surface area (Å²) in [5.74, 6) is 0. The molecule has 4 nitrogen and oxygen atoms in total. The molecular formula is C15H20N4. The van der Waals surface area contributed by atoms with Gasteiger partial charge in [-0.1, -0.05) is 6.07 Å². The number of nitrogens with one attached hydrogen (secondary N) is 1. The van der Waals surface area contributed by atoms with Gasteiger partial charge in [-0.2, -0.15) is 5.10 Å². The Hall–Kier alpha value is -1.81. The van der Waals surface area contributed by atoms with Crippen molar-refractivity contribution >= 4 is 5.69 Å². The van der Waals surface area contributed by atoms with Crippen LogP contribution in [0.15, 0.2) is 24.4 Å². The molecule has 100 valence electrons. The van der Waals surface area contributed by atoms with Crippen LogP contribution in [0.25, 0.3) is 0 Å². The molecule has 3 rings (SSSR count). The zero-order valence-electron chi connectivity index (χ0n) is 11.5. The highest BCUT2D eigenvalue weighted by atomic mass is 15.3. The third kappa shape index (κ3) is 2.24. The molecule has 1 atom stereocenters. The molecule has 0 saturated carbocycles. The largest absolute Gasteiger partial charge is 0.399 e. The van der Waals surface area contributed by atoms with Crippen molar-refractivity contribution in [1.82, 2.24) is 15.1 Å². The molecule has 0 radical (unpaired) electrons. The lowest BCUT2D eigenvalue weighted by Crippen LogP contribution is -2.19. The monoisotopic (exact) mass is 256 g/mol. The van der Waals surface area contributed by atoms with E-state index in [1.807, 2.05) is 24.0 Å². The quantitative estimate of drug-likeness (QED) is 0.827. The van der Waals surface area contributed by atoms with Crippen LogP contribution in [0.3, 0.4) is 0 Å². The number of rotatable bonds is 3. The van der Waals surface area contributed by atoms with Crippen molar-refractivity contribution in [3.63, 3.8) is 0 Å². The molecule has 1 aromatic carbocycles. The molecule has 0 aliphatic heterocycles. The minimum Gasteiger partial charge on any atom is -0.399 e. The number of aromatic nitrogens is 2. The molecule has 1 heterocycles. The van der Waals surface area contributed by atoms with Gasteiger partial charge >= 0.3 is 0 Å². The van der Waals surface area contributed by atoms with Gasteiger partial charge in [-0.3, -0.25) is 4.68 Å². The van der Waals surface area contributed by atoms with Crippen LogP contribution in [0.2, 0.25) is 0 Å². The standard InChI is InChI=1S/C15H20N4/c1-10-12(9-18-19(10)2)8-17-15-6-3-11-7-13(16)4-5-14(11)15/h4-5,7,9,15,17H,3,6,8,16H2,1-2H3. The van der Waals surface area contributed by atoms with Crippen molar-refractivity contribution in [1.29, 1.82) is 0 Å². The van der Waals surface area contributed by atoms with E-state index in [1.54, 1.807) is 0 Å². The van der Waals surface area contributed by atoms with Crippen molar-refractivity contribution in [2.24, 2.45) is 7.05 Å². The number of benzene rings is 1. The summed E-state index contributed by atoms with van der Waals surface area (Å²) in [5.41, 5.74) is 12.0. The Morgan fingerprint density at radius 2 is 2.32 bits per heavy atom. The van der Waals surface area contributed by atoms with Gasteiger partial charge in [-0.05, 0) is 43.0 Å². The van der Waals surface area contributed by atoms with E-state index in [9.17, 15) is 0 Å². The van der Waals surface area contributed by atoms with Crippen molar-refractivity contribution in [2.75, 3.05) is 5.73 Å². The summed E-state index contributed by atoms with van der Waals surface area (Å²) in [6, 6.07) is 6.70. The van der Waals surface area contributed by atoms with Crippen LogP contribution in [0, 0.1) is 6.92 Å². The average molecular weight is 256 g/mol. The summed E-state index contributed by atoms with van der Waals surface area (Å²) in [7, 11) is 1.98. The van der Waals surface area contributed by atoms with Gasteiger partial charge in [0.05, 0.1) is 6.20 Å². The fraction of sp³-hybridized carbons (Fsp3) is 0.400. The van der Waals surface area contributed by atoms with Gasteiger partial charge in [0, 0.05) is 36.6 Å². The first kappa shape index (κ1) is 12.2. The van der Waals surface area contributed by atoms with Crippen LogP contribution >= 0.6 is 0 Å². The SMILES string of the molecule is Cc1c(CNC2CCc3cc(N)ccc32)cnn1C. The van der Waals surface area contributed by atoms with E-state index >= 15 is 0 Å². The molecule has 0 spiro atoms.